The number of piperidine rings is 1. The van der Waals surface area contributed by atoms with Crippen LogP contribution in [0.1, 0.15) is 34.3 Å². The predicted octanol–water partition coefficient (Wildman–Crippen LogP) is 3.61. The molecular formula is C26H28N4O3. The number of anilines is 1. The molecule has 0 bridgehead atoms. The molecule has 3 aromatic rings. The number of carbonyl (C=O) groups is 2. The Kier molecular flexibility index (Phi) is 7.32. The standard InChI is InChI=1S/C26H28N4O3/c27-25(31)21-10-13-30(14-11-21)17-20-7-4-8-23(15-20)29-26(32)22-9-12-28-24(16-22)33-18-19-5-2-1-3-6-19/h1-9,12,15-16,21H,10-11,13-14,17-18H2,(H2,27,31)(H,29,32). The van der Waals surface area contributed by atoms with Gasteiger partial charge in [-0.2, -0.15) is 0 Å². The third kappa shape index (κ3) is 6.40. The number of likely N-dealkylation sites (tertiary alicyclic amines) is 1. The molecule has 0 atom stereocenters. The van der Waals surface area contributed by atoms with Gasteiger partial charge in [0.1, 0.15) is 6.61 Å². The summed E-state index contributed by atoms with van der Waals surface area (Å²) in [6, 6.07) is 20.9. The van der Waals surface area contributed by atoms with Gasteiger partial charge in [-0.15, -0.1) is 0 Å². The monoisotopic (exact) mass is 444 g/mol. The van der Waals surface area contributed by atoms with E-state index in [0.717, 1.165) is 49.3 Å². The summed E-state index contributed by atoms with van der Waals surface area (Å²) in [5.74, 6) is -0.0427. The molecule has 0 radical (unpaired) electrons. The number of amides is 2. The zero-order chi connectivity index (χ0) is 23.0. The van der Waals surface area contributed by atoms with Gasteiger partial charge in [-0.3, -0.25) is 14.5 Å². The summed E-state index contributed by atoms with van der Waals surface area (Å²) in [7, 11) is 0. The highest BCUT2D eigenvalue weighted by molar-refractivity contribution is 6.04. The number of ether oxygens (including phenoxy) is 1. The molecule has 2 heterocycles. The fourth-order valence-corrected chi connectivity index (χ4v) is 3.95. The van der Waals surface area contributed by atoms with Crippen LogP contribution >= 0.6 is 0 Å². The van der Waals surface area contributed by atoms with Gasteiger partial charge in [0.25, 0.3) is 5.91 Å². The topological polar surface area (TPSA) is 97.6 Å². The highest BCUT2D eigenvalue weighted by Crippen LogP contribution is 2.20. The summed E-state index contributed by atoms with van der Waals surface area (Å²) >= 11 is 0. The normalized spacial score (nSPS) is 14.5. The number of pyridine rings is 1. The zero-order valence-corrected chi connectivity index (χ0v) is 18.4. The summed E-state index contributed by atoms with van der Waals surface area (Å²) in [6.07, 6.45) is 3.16. The third-order valence-corrected chi connectivity index (χ3v) is 5.81. The number of primary amides is 1. The number of hydrogen-bond acceptors (Lipinski definition) is 5. The van der Waals surface area contributed by atoms with Gasteiger partial charge in [0, 0.05) is 36.0 Å². The van der Waals surface area contributed by atoms with Gasteiger partial charge < -0.3 is 15.8 Å². The van der Waals surface area contributed by atoms with Gasteiger partial charge in [-0.1, -0.05) is 42.5 Å². The summed E-state index contributed by atoms with van der Waals surface area (Å²) in [5, 5.41) is 2.96. The number of benzene rings is 2. The molecule has 1 aromatic heterocycles. The minimum absolute atomic E-state index is 0.0196. The first-order valence-corrected chi connectivity index (χ1v) is 11.1. The van der Waals surface area contributed by atoms with Crippen molar-refractivity contribution in [1.82, 2.24) is 9.88 Å². The molecule has 7 heteroatoms. The summed E-state index contributed by atoms with van der Waals surface area (Å²) in [5.41, 5.74) is 8.77. The first-order chi connectivity index (χ1) is 16.1. The van der Waals surface area contributed by atoms with E-state index in [1.165, 1.54) is 0 Å². The lowest BCUT2D eigenvalue weighted by atomic mass is 9.96. The Labute approximate surface area is 193 Å². The van der Waals surface area contributed by atoms with Crippen LogP contribution in [-0.4, -0.2) is 34.8 Å². The van der Waals surface area contributed by atoms with E-state index >= 15 is 0 Å². The quantitative estimate of drug-likeness (QED) is 0.553. The lowest BCUT2D eigenvalue weighted by molar-refractivity contribution is -0.123. The van der Waals surface area contributed by atoms with Crippen molar-refractivity contribution in [2.24, 2.45) is 11.7 Å². The van der Waals surface area contributed by atoms with Crippen molar-refractivity contribution in [3.8, 4) is 5.88 Å². The van der Waals surface area contributed by atoms with Crippen molar-refractivity contribution in [1.29, 1.82) is 0 Å². The number of nitrogens with one attached hydrogen (secondary N) is 1. The molecule has 0 saturated carbocycles. The van der Waals surface area contributed by atoms with Crippen molar-refractivity contribution in [3.05, 3.63) is 89.6 Å². The Morgan fingerprint density at radius 1 is 1.00 bits per heavy atom. The molecule has 2 amide bonds. The molecule has 3 N–H and O–H groups in total. The van der Waals surface area contributed by atoms with E-state index in [4.69, 9.17) is 10.5 Å². The Bertz CT molecular complexity index is 1100. The van der Waals surface area contributed by atoms with Crippen LogP contribution in [0.25, 0.3) is 0 Å². The summed E-state index contributed by atoms with van der Waals surface area (Å²) in [4.78, 5) is 30.7. The number of rotatable bonds is 8. The number of carbonyl (C=O) groups excluding carboxylic acids is 2. The minimum Gasteiger partial charge on any atom is -0.473 e. The second kappa shape index (κ2) is 10.7. The van der Waals surface area contributed by atoms with E-state index in [1.807, 2.05) is 54.6 Å². The molecular weight excluding hydrogens is 416 g/mol. The molecule has 7 nitrogen and oxygen atoms in total. The summed E-state index contributed by atoms with van der Waals surface area (Å²) < 4.78 is 5.73. The van der Waals surface area contributed by atoms with Crippen molar-refractivity contribution < 1.29 is 14.3 Å². The molecule has 1 fully saturated rings. The van der Waals surface area contributed by atoms with Gasteiger partial charge in [-0.05, 0) is 55.3 Å². The maximum Gasteiger partial charge on any atom is 0.255 e. The zero-order valence-electron chi connectivity index (χ0n) is 18.4. The highest BCUT2D eigenvalue weighted by atomic mass is 16.5. The fourth-order valence-electron chi connectivity index (χ4n) is 3.95. The van der Waals surface area contributed by atoms with E-state index in [1.54, 1.807) is 18.3 Å². The van der Waals surface area contributed by atoms with E-state index in [0.29, 0.717) is 18.1 Å². The Morgan fingerprint density at radius 2 is 1.76 bits per heavy atom. The van der Waals surface area contributed by atoms with Gasteiger partial charge in [0.05, 0.1) is 0 Å². The Hall–Kier alpha value is -3.71. The lowest BCUT2D eigenvalue weighted by Gasteiger charge is -2.30. The van der Waals surface area contributed by atoms with E-state index in [2.05, 4.69) is 15.2 Å². The minimum atomic E-state index is -0.221. The van der Waals surface area contributed by atoms with Crippen molar-refractivity contribution in [2.75, 3.05) is 18.4 Å². The number of nitrogens with zero attached hydrogens (tertiary/aromatic N) is 2. The molecule has 2 aromatic carbocycles. The fraction of sp³-hybridized carbons (Fsp3) is 0.269. The van der Waals surface area contributed by atoms with Crippen molar-refractivity contribution in [3.63, 3.8) is 0 Å². The van der Waals surface area contributed by atoms with Crippen LogP contribution < -0.4 is 15.8 Å². The number of aromatic nitrogens is 1. The molecule has 0 unspecified atom stereocenters. The van der Waals surface area contributed by atoms with Crippen LogP contribution in [0.2, 0.25) is 0 Å². The van der Waals surface area contributed by atoms with Crippen LogP contribution in [0.15, 0.2) is 72.9 Å². The van der Waals surface area contributed by atoms with Crippen LogP contribution in [-0.2, 0) is 17.9 Å². The first-order valence-electron chi connectivity index (χ1n) is 11.1. The molecule has 1 saturated heterocycles. The molecule has 0 aliphatic carbocycles. The number of hydrogen-bond donors (Lipinski definition) is 2. The second-order valence-electron chi connectivity index (χ2n) is 8.26. The largest absolute Gasteiger partial charge is 0.473 e. The first kappa shape index (κ1) is 22.5. The van der Waals surface area contributed by atoms with Crippen LogP contribution in [0.3, 0.4) is 0 Å². The predicted molar refractivity (Wildman–Crippen MR) is 127 cm³/mol. The Morgan fingerprint density at radius 3 is 2.52 bits per heavy atom. The van der Waals surface area contributed by atoms with Crippen molar-refractivity contribution >= 4 is 17.5 Å². The maximum atomic E-state index is 12.8. The second-order valence-corrected chi connectivity index (χ2v) is 8.26. The van der Waals surface area contributed by atoms with E-state index in [-0.39, 0.29) is 17.7 Å². The SMILES string of the molecule is NC(=O)C1CCN(Cc2cccc(NC(=O)c3ccnc(OCc4ccccc4)c3)c2)CC1. The molecule has 170 valence electrons. The average molecular weight is 445 g/mol. The average Bonchev–Trinajstić information content (AvgIpc) is 2.84. The molecule has 33 heavy (non-hydrogen) atoms. The third-order valence-electron chi connectivity index (χ3n) is 5.81. The van der Waals surface area contributed by atoms with E-state index < -0.39 is 0 Å². The maximum absolute atomic E-state index is 12.8. The number of nitrogens with two attached hydrogens (primary N) is 1. The molecule has 1 aliphatic rings. The molecule has 4 rings (SSSR count). The van der Waals surface area contributed by atoms with E-state index in [9.17, 15) is 9.59 Å². The summed E-state index contributed by atoms with van der Waals surface area (Å²) in [6.45, 7) is 2.83. The Balaban J connectivity index is 1.33. The van der Waals surface area contributed by atoms with Gasteiger partial charge in [0.2, 0.25) is 11.8 Å². The molecule has 0 spiro atoms. The van der Waals surface area contributed by atoms with Crippen LogP contribution in [0.5, 0.6) is 5.88 Å². The van der Waals surface area contributed by atoms with Crippen molar-refractivity contribution in [2.45, 2.75) is 26.0 Å². The molecule has 1 aliphatic heterocycles. The van der Waals surface area contributed by atoms with Gasteiger partial charge in [0.15, 0.2) is 0 Å². The smallest absolute Gasteiger partial charge is 0.255 e. The van der Waals surface area contributed by atoms with Gasteiger partial charge in [-0.25, -0.2) is 4.98 Å². The van der Waals surface area contributed by atoms with Crippen LogP contribution in [0, 0.1) is 5.92 Å². The lowest BCUT2D eigenvalue weighted by Crippen LogP contribution is -2.38. The van der Waals surface area contributed by atoms with Crippen LogP contribution in [0.4, 0.5) is 5.69 Å². The van der Waals surface area contributed by atoms with Gasteiger partial charge >= 0.3 is 0 Å². The highest BCUT2D eigenvalue weighted by Gasteiger charge is 2.23.